The zero-order chi connectivity index (χ0) is 14.4. The Labute approximate surface area is 111 Å². The number of carboxylic acid groups (broad SMARTS) is 1. The molecule has 1 aromatic carbocycles. The molecule has 6 nitrogen and oxygen atoms in total. The SMILES string of the molecule is COc1ccc(C(=O)O)c(NC(=O)COC(C)C)c1. The predicted octanol–water partition coefficient (Wildman–Crippen LogP) is 1.76. The van der Waals surface area contributed by atoms with Gasteiger partial charge in [-0.2, -0.15) is 0 Å². The van der Waals surface area contributed by atoms with Crippen molar-refractivity contribution >= 4 is 17.6 Å². The van der Waals surface area contributed by atoms with Gasteiger partial charge in [-0.1, -0.05) is 0 Å². The third-order valence-electron chi connectivity index (χ3n) is 2.28. The molecule has 2 N–H and O–H groups in total. The third-order valence-corrected chi connectivity index (χ3v) is 2.28. The molecule has 1 amide bonds. The molecular weight excluding hydrogens is 250 g/mol. The molecule has 104 valence electrons. The van der Waals surface area contributed by atoms with Crippen LogP contribution in [0.5, 0.6) is 5.75 Å². The highest BCUT2D eigenvalue weighted by Gasteiger charge is 2.14. The van der Waals surface area contributed by atoms with E-state index in [1.165, 1.54) is 25.3 Å². The Kier molecular flexibility index (Phi) is 5.32. The van der Waals surface area contributed by atoms with Crippen molar-refractivity contribution in [3.05, 3.63) is 23.8 Å². The molecule has 0 aromatic heterocycles. The maximum absolute atomic E-state index is 11.6. The van der Waals surface area contributed by atoms with E-state index >= 15 is 0 Å². The number of carboxylic acids is 1. The van der Waals surface area contributed by atoms with Crippen LogP contribution >= 0.6 is 0 Å². The number of nitrogens with one attached hydrogen (secondary N) is 1. The lowest BCUT2D eigenvalue weighted by Gasteiger charge is -2.11. The summed E-state index contributed by atoms with van der Waals surface area (Å²) < 4.78 is 10.1. The van der Waals surface area contributed by atoms with Gasteiger partial charge in [-0.3, -0.25) is 4.79 Å². The first kappa shape index (κ1) is 15.0. The maximum Gasteiger partial charge on any atom is 0.337 e. The van der Waals surface area contributed by atoms with Crippen molar-refractivity contribution in [1.82, 2.24) is 0 Å². The Hall–Kier alpha value is -2.08. The number of carbonyl (C=O) groups excluding carboxylic acids is 1. The molecule has 0 heterocycles. The maximum atomic E-state index is 11.6. The van der Waals surface area contributed by atoms with Gasteiger partial charge in [0.15, 0.2) is 0 Å². The molecule has 0 saturated carbocycles. The van der Waals surface area contributed by atoms with Crippen LogP contribution in [0.15, 0.2) is 18.2 Å². The molecule has 19 heavy (non-hydrogen) atoms. The molecule has 0 unspecified atom stereocenters. The molecule has 0 aliphatic carbocycles. The number of carbonyl (C=O) groups is 2. The number of amides is 1. The molecular formula is C13H17NO5. The van der Waals surface area contributed by atoms with Crippen molar-refractivity contribution < 1.29 is 24.2 Å². The van der Waals surface area contributed by atoms with Crippen LogP contribution in [0.1, 0.15) is 24.2 Å². The minimum atomic E-state index is -1.12. The van der Waals surface area contributed by atoms with Crippen LogP contribution in [-0.2, 0) is 9.53 Å². The lowest BCUT2D eigenvalue weighted by Crippen LogP contribution is -2.22. The van der Waals surface area contributed by atoms with E-state index in [-0.39, 0.29) is 24.0 Å². The van der Waals surface area contributed by atoms with Crippen LogP contribution in [0.25, 0.3) is 0 Å². The zero-order valence-corrected chi connectivity index (χ0v) is 11.1. The first-order chi connectivity index (χ1) is 8.93. The van der Waals surface area contributed by atoms with Crippen molar-refractivity contribution in [2.45, 2.75) is 20.0 Å². The number of benzene rings is 1. The minimum absolute atomic E-state index is 0.00121. The molecule has 0 saturated heterocycles. The van der Waals surface area contributed by atoms with Gasteiger partial charge in [-0.25, -0.2) is 4.79 Å². The number of ether oxygens (including phenoxy) is 2. The highest BCUT2D eigenvalue weighted by Crippen LogP contribution is 2.22. The van der Waals surface area contributed by atoms with Crippen molar-refractivity contribution in [3.8, 4) is 5.75 Å². The summed E-state index contributed by atoms with van der Waals surface area (Å²) in [5.41, 5.74) is 0.183. The zero-order valence-electron chi connectivity index (χ0n) is 11.1. The van der Waals surface area contributed by atoms with Crippen molar-refractivity contribution in [3.63, 3.8) is 0 Å². The fourth-order valence-electron chi connectivity index (χ4n) is 1.37. The number of methoxy groups -OCH3 is 1. The molecule has 0 aliphatic rings. The quantitative estimate of drug-likeness (QED) is 0.820. The molecule has 0 aliphatic heterocycles. The summed E-state index contributed by atoms with van der Waals surface area (Å²) in [6.45, 7) is 3.48. The molecule has 1 rings (SSSR count). The van der Waals surface area contributed by atoms with Gasteiger partial charge in [0.2, 0.25) is 5.91 Å². The van der Waals surface area contributed by atoms with Gasteiger partial charge >= 0.3 is 5.97 Å². The summed E-state index contributed by atoms with van der Waals surface area (Å²) in [5.74, 6) is -1.07. The van der Waals surface area contributed by atoms with E-state index < -0.39 is 11.9 Å². The monoisotopic (exact) mass is 267 g/mol. The average Bonchev–Trinajstić information content (AvgIpc) is 2.35. The molecule has 0 radical (unpaired) electrons. The average molecular weight is 267 g/mol. The van der Waals surface area contributed by atoms with E-state index in [1.807, 2.05) is 13.8 Å². The number of aromatic carboxylic acids is 1. The Morgan fingerprint density at radius 3 is 2.58 bits per heavy atom. The topological polar surface area (TPSA) is 84.9 Å². The fraction of sp³-hybridized carbons (Fsp3) is 0.385. The summed E-state index contributed by atoms with van der Waals surface area (Å²) in [4.78, 5) is 22.7. The van der Waals surface area contributed by atoms with Crippen LogP contribution in [0, 0.1) is 0 Å². The standard InChI is InChI=1S/C13H17NO5/c1-8(2)19-7-12(15)14-11-6-9(18-3)4-5-10(11)13(16)17/h4-6,8H,7H2,1-3H3,(H,14,15)(H,16,17). The second-order valence-corrected chi connectivity index (χ2v) is 4.12. The van der Waals surface area contributed by atoms with E-state index in [1.54, 1.807) is 0 Å². The number of hydrogen-bond acceptors (Lipinski definition) is 4. The highest BCUT2D eigenvalue weighted by atomic mass is 16.5. The first-order valence-electron chi connectivity index (χ1n) is 5.76. The summed E-state index contributed by atoms with van der Waals surface area (Å²) in [5, 5.41) is 11.5. The second kappa shape index (κ2) is 6.75. The number of hydrogen-bond donors (Lipinski definition) is 2. The second-order valence-electron chi connectivity index (χ2n) is 4.12. The summed E-state index contributed by atoms with van der Waals surface area (Å²) in [6.07, 6.45) is -0.0741. The summed E-state index contributed by atoms with van der Waals surface area (Å²) >= 11 is 0. The normalized spacial score (nSPS) is 10.3. The van der Waals surface area contributed by atoms with Crippen molar-refractivity contribution in [2.75, 3.05) is 19.0 Å². The summed E-state index contributed by atoms with van der Waals surface area (Å²) in [6, 6.07) is 4.35. The lowest BCUT2D eigenvalue weighted by molar-refractivity contribution is -0.121. The Morgan fingerprint density at radius 1 is 1.37 bits per heavy atom. The Balaban J connectivity index is 2.85. The van der Waals surface area contributed by atoms with Gasteiger partial charge < -0.3 is 19.9 Å². The molecule has 1 aromatic rings. The van der Waals surface area contributed by atoms with Crippen LogP contribution in [0.4, 0.5) is 5.69 Å². The number of rotatable bonds is 6. The molecule has 6 heteroatoms. The van der Waals surface area contributed by atoms with Gasteiger partial charge in [0.05, 0.1) is 24.5 Å². The molecule has 0 spiro atoms. The van der Waals surface area contributed by atoms with Gasteiger partial charge in [0, 0.05) is 6.07 Å². The van der Waals surface area contributed by atoms with Crippen LogP contribution < -0.4 is 10.1 Å². The smallest absolute Gasteiger partial charge is 0.337 e. The van der Waals surface area contributed by atoms with E-state index in [4.69, 9.17) is 14.6 Å². The minimum Gasteiger partial charge on any atom is -0.497 e. The fourth-order valence-corrected chi connectivity index (χ4v) is 1.37. The van der Waals surface area contributed by atoms with Crippen molar-refractivity contribution in [2.24, 2.45) is 0 Å². The predicted molar refractivity (Wildman–Crippen MR) is 69.7 cm³/mol. The first-order valence-corrected chi connectivity index (χ1v) is 5.76. The largest absolute Gasteiger partial charge is 0.497 e. The van der Waals surface area contributed by atoms with Gasteiger partial charge in [-0.15, -0.1) is 0 Å². The Bertz CT molecular complexity index is 470. The van der Waals surface area contributed by atoms with E-state index in [0.717, 1.165) is 0 Å². The van der Waals surface area contributed by atoms with Crippen LogP contribution in [-0.4, -0.2) is 36.8 Å². The molecule has 0 fully saturated rings. The van der Waals surface area contributed by atoms with E-state index in [9.17, 15) is 9.59 Å². The third kappa shape index (κ3) is 4.59. The van der Waals surface area contributed by atoms with Crippen molar-refractivity contribution in [1.29, 1.82) is 0 Å². The van der Waals surface area contributed by atoms with E-state index in [0.29, 0.717) is 5.75 Å². The molecule has 0 atom stereocenters. The van der Waals surface area contributed by atoms with Crippen LogP contribution in [0.2, 0.25) is 0 Å². The van der Waals surface area contributed by atoms with Crippen LogP contribution in [0.3, 0.4) is 0 Å². The van der Waals surface area contributed by atoms with Gasteiger partial charge in [-0.05, 0) is 26.0 Å². The van der Waals surface area contributed by atoms with Gasteiger partial charge in [0.25, 0.3) is 0 Å². The highest BCUT2D eigenvalue weighted by molar-refractivity contribution is 6.01. The van der Waals surface area contributed by atoms with Gasteiger partial charge in [0.1, 0.15) is 12.4 Å². The Morgan fingerprint density at radius 2 is 2.05 bits per heavy atom. The summed E-state index contributed by atoms with van der Waals surface area (Å²) in [7, 11) is 1.46. The molecule has 0 bridgehead atoms. The van der Waals surface area contributed by atoms with E-state index in [2.05, 4.69) is 5.32 Å². The number of anilines is 1. The lowest BCUT2D eigenvalue weighted by atomic mass is 10.1.